The number of rotatable bonds is 4. The molecule has 0 spiro atoms. The van der Waals surface area contributed by atoms with Crippen LogP contribution >= 0.6 is 11.6 Å². The first-order valence-corrected chi connectivity index (χ1v) is 5.62. The topological polar surface area (TPSA) is 46.3 Å². The molecule has 1 atom stereocenters. The summed E-state index contributed by atoms with van der Waals surface area (Å²) in [6.45, 7) is 2.40. The number of nitrogens with two attached hydrogens (primary N) is 1. The third kappa shape index (κ3) is 3.51. The number of hydrogen-bond donors (Lipinski definition) is 1. The number of benzene rings is 1. The molecule has 0 aliphatic carbocycles. The Hall–Kier alpha value is -1.06. The average molecular weight is 241 g/mol. The molecule has 1 aromatic carbocycles. The van der Waals surface area contributed by atoms with Gasteiger partial charge in [-0.3, -0.25) is 4.79 Å². The first-order chi connectivity index (χ1) is 7.54. The van der Waals surface area contributed by atoms with Gasteiger partial charge in [0.05, 0.1) is 6.42 Å². The number of carbonyl (C=O) groups is 1. The van der Waals surface area contributed by atoms with Gasteiger partial charge in [0, 0.05) is 24.7 Å². The smallest absolute Gasteiger partial charge is 0.227 e. The molecule has 1 amide bonds. The Morgan fingerprint density at radius 1 is 1.56 bits per heavy atom. The van der Waals surface area contributed by atoms with Crippen LogP contribution in [0, 0.1) is 0 Å². The van der Waals surface area contributed by atoms with E-state index in [1.807, 2.05) is 19.1 Å². The second-order valence-electron chi connectivity index (χ2n) is 3.90. The van der Waals surface area contributed by atoms with Crippen LogP contribution in [0.3, 0.4) is 0 Å². The van der Waals surface area contributed by atoms with Gasteiger partial charge in [-0.15, -0.1) is 0 Å². The molecule has 0 aromatic heterocycles. The zero-order chi connectivity index (χ0) is 12.1. The predicted octanol–water partition coefficient (Wildman–Crippen LogP) is 1.69. The molecule has 0 bridgehead atoms. The lowest BCUT2D eigenvalue weighted by Gasteiger charge is -2.23. The molecule has 1 unspecified atom stereocenters. The number of amides is 1. The van der Waals surface area contributed by atoms with E-state index in [9.17, 15) is 4.79 Å². The van der Waals surface area contributed by atoms with Crippen LogP contribution in [-0.4, -0.2) is 30.4 Å². The highest BCUT2D eigenvalue weighted by atomic mass is 35.5. The third-order valence-electron chi connectivity index (χ3n) is 2.64. The van der Waals surface area contributed by atoms with Crippen molar-refractivity contribution in [2.24, 2.45) is 5.73 Å². The molecule has 0 aliphatic heterocycles. The fraction of sp³-hybridized carbons (Fsp3) is 0.417. The van der Waals surface area contributed by atoms with E-state index in [4.69, 9.17) is 17.3 Å². The van der Waals surface area contributed by atoms with Crippen LogP contribution in [0.1, 0.15) is 12.5 Å². The highest BCUT2D eigenvalue weighted by Gasteiger charge is 2.14. The summed E-state index contributed by atoms with van der Waals surface area (Å²) in [7, 11) is 1.77. The van der Waals surface area contributed by atoms with Gasteiger partial charge in [-0.05, 0) is 24.6 Å². The van der Waals surface area contributed by atoms with E-state index in [0.717, 1.165) is 5.56 Å². The normalized spacial score (nSPS) is 12.2. The van der Waals surface area contributed by atoms with Crippen molar-refractivity contribution in [3.8, 4) is 0 Å². The Morgan fingerprint density at radius 2 is 2.25 bits per heavy atom. The minimum absolute atomic E-state index is 0.0558. The second-order valence-corrected chi connectivity index (χ2v) is 4.33. The molecule has 2 N–H and O–H groups in total. The summed E-state index contributed by atoms with van der Waals surface area (Å²) in [6, 6.07) is 7.40. The first kappa shape index (κ1) is 13.0. The highest BCUT2D eigenvalue weighted by Crippen LogP contribution is 2.12. The molecule has 0 radical (unpaired) electrons. The molecule has 88 valence electrons. The molecule has 1 rings (SSSR count). The van der Waals surface area contributed by atoms with E-state index in [0.29, 0.717) is 18.0 Å². The number of likely N-dealkylation sites (N-methyl/N-ethyl adjacent to an activating group) is 1. The summed E-state index contributed by atoms with van der Waals surface area (Å²) in [4.78, 5) is 13.5. The van der Waals surface area contributed by atoms with Gasteiger partial charge in [-0.2, -0.15) is 0 Å². The van der Waals surface area contributed by atoms with Crippen LogP contribution in [-0.2, 0) is 11.2 Å². The Bertz CT molecular complexity index is 368. The fourth-order valence-corrected chi connectivity index (χ4v) is 1.56. The van der Waals surface area contributed by atoms with Gasteiger partial charge in [0.15, 0.2) is 0 Å². The van der Waals surface area contributed by atoms with Crippen molar-refractivity contribution < 1.29 is 4.79 Å². The van der Waals surface area contributed by atoms with Gasteiger partial charge in [-0.25, -0.2) is 0 Å². The van der Waals surface area contributed by atoms with E-state index in [1.165, 1.54) is 0 Å². The van der Waals surface area contributed by atoms with Crippen LogP contribution in [0.2, 0.25) is 5.02 Å². The third-order valence-corrected chi connectivity index (χ3v) is 2.88. The van der Waals surface area contributed by atoms with Gasteiger partial charge in [0.1, 0.15) is 0 Å². The quantitative estimate of drug-likeness (QED) is 0.871. The van der Waals surface area contributed by atoms with E-state index < -0.39 is 0 Å². The zero-order valence-electron chi connectivity index (χ0n) is 9.61. The Morgan fingerprint density at radius 3 is 2.81 bits per heavy atom. The average Bonchev–Trinajstić information content (AvgIpc) is 2.27. The van der Waals surface area contributed by atoms with Crippen LogP contribution in [0.5, 0.6) is 0 Å². The Labute approximate surface area is 101 Å². The zero-order valence-corrected chi connectivity index (χ0v) is 10.4. The van der Waals surface area contributed by atoms with Crippen molar-refractivity contribution in [2.75, 3.05) is 13.6 Å². The lowest BCUT2D eigenvalue weighted by Crippen LogP contribution is -2.40. The van der Waals surface area contributed by atoms with Crippen molar-refractivity contribution >= 4 is 17.5 Å². The summed E-state index contributed by atoms with van der Waals surface area (Å²) in [5, 5.41) is 0.653. The largest absolute Gasteiger partial charge is 0.341 e. The maximum absolute atomic E-state index is 11.9. The van der Waals surface area contributed by atoms with Crippen molar-refractivity contribution in [3.63, 3.8) is 0 Å². The summed E-state index contributed by atoms with van der Waals surface area (Å²) in [6.07, 6.45) is 0.362. The van der Waals surface area contributed by atoms with E-state index in [-0.39, 0.29) is 11.9 Å². The standard InChI is InChI=1S/C12H17ClN2O/c1-9(8-14)15(2)12(16)7-10-4-3-5-11(13)6-10/h3-6,9H,7-8,14H2,1-2H3. The fourth-order valence-electron chi connectivity index (χ4n) is 1.35. The maximum atomic E-state index is 11.9. The molecule has 1 aromatic rings. The Balaban J connectivity index is 2.64. The second kappa shape index (κ2) is 5.87. The highest BCUT2D eigenvalue weighted by molar-refractivity contribution is 6.30. The number of carbonyl (C=O) groups excluding carboxylic acids is 1. The van der Waals surface area contributed by atoms with Gasteiger partial charge in [0.2, 0.25) is 5.91 Å². The van der Waals surface area contributed by atoms with Gasteiger partial charge < -0.3 is 10.6 Å². The van der Waals surface area contributed by atoms with Gasteiger partial charge in [-0.1, -0.05) is 23.7 Å². The van der Waals surface area contributed by atoms with Crippen molar-refractivity contribution in [1.82, 2.24) is 4.90 Å². The van der Waals surface area contributed by atoms with E-state index >= 15 is 0 Å². The molecule has 4 heteroatoms. The number of halogens is 1. The molecule has 0 heterocycles. The number of hydrogen-bond acceptors (Lipinski definition) is 2. The number of nitrogens with zero attached hydrogens (tertiary/aromatic N) is 1. The first-order valence-electron chi connectivity index (χ1n) is 5.24. The van der Waals surface area contributed by atoms with Gasteiger partial charge >= 0.3 is 0 Å². The SMILES string of the molecule is CC(CN)N(C)C(=O)Cc1cccc(Cl)c1. The molecule has 3 nitrogen and oxygen atoms in total. The minimum atomic E-state index is 0.0558. The molecule has 16 heavy (non-hydrogen) atoms. The molecule has 0 fully saturated rings. The van der Waals surface area contributed by atoms with Crippen molar-refractivity contribution in [2.45, 2.75) is 19.4 Å². The maximum Gasteiger partial charge on any atom is 0.227 e. The predicted molar refractivity (Wildman–Crippen MR) is 66.4 cm³/mol. The molecule has 0 saturated carbocycles. The molecular formula is C12H17ClN2O. The Kier molecular flexibility index (Phi) is 4.77. The van der Waals surface area contributed by atoms with Crippen LogP contribution in [0.4, 0.5) is 0 Å². The molecular weight excluding hydrogens is 224 g/mol. The van der Waals surface area contributed by atoms with Crippen molar-refractivity contribution in [1.29, 1.82) is 0 Å². The van der Waals surface area contributed by atoms with Crippen LogP contribution < -0.4 is 5.73 Å². The summed E-state index contributed by atoms with van der Waals surface area (Å²) < 4.78 is 0. The lowest BCUT2D eigenvalue weighted by atomic mass is 10.1. The minimum Gasteiger partial charge on any atom is -0.341 e. The monoisotopic (exact) mass is 240 g/mol. The van der Waals surface area contributed by atoms with Crippen LogP contribution in [0.25, 0.3) is 0 Å². The summed E-state index contributed by atoms with van der Waals surface area (Å²) in [5.74, 6) is 0.0558. The van der Waals surface area contributed by atoms with E-state index in [2.05, 4.69) is 0 Å². The van der Waals surface area contributed by atoms with Crippen molar-refractivity contribution in [3.05, 3.63) is 34.9 Å². The summed E-state index contributed by atoms with van der Waals surface area (Å²) >= 11 is 5.85. The summed E-state index contributed by atoms with van der Waals surface area (Å²) in [5.41, 5.74) is 6.44. The molecule has 0 saturated heterocycles. The van der Waals surface area contributed by atoms with Crippen LogP contribution in [0.15, 0.2) is 24.3 Å². The van der Waals surface area contributed by atoms with Gasteiger partial charge in [0.25, 0.3) is 0 Å². The molecule has 0 aliphatic rings. The lowest BCUT2D eigenvalue weighted by molar-refractivity contribution is -0.130. The van der Waals surface area contributed by atoms with E-state index in [1.54, 1.807) is 24.1 Å².